The van der Waals surface area contributed by atoms with Gasteiger partial charge in [0.2, 0.25) is 0 Å². The van der Waals surface area contributed by atoms with E-state index in [2.05, 4.69) is 6.92 Å². The predicted molar refractivity (Wildman–Crippen MR) is 88.1 cm³/mol. The van der Waals surface area contributed by atoms with Gasteiger partial charge in [-0.3, -0.25) is 0 Å². The third-order valence-corrected chi connectivity index (χ3v) is 4.69. The molecule has 0 radical (unpaired) electrons. The van der Waals surface area contributed by atoms with E-state index >= 15 is 0 Å². The van der Waals surface area contributed by atoms with Gasteiger partial charge in [0, 0.05) is 0 Å². The van der Waals surface area contributed by atoms with Crippen molar-refractivity contribution in [2.75, 3.05) is 0 Å². The lowest BCUT2D eigenvalue weighted by Crippen LogP contribution is -2.01. The largest absolute Gasteiger partial charge is 0.344 e. The highest BCUT2D eigenvalue weighted by Crippen LogP contribution is 2.25. The van der Waals surface area contributed by atoms with Gasteiger partial charge in [0.15, 0.2) is 0 Å². The van der Waals surface area contributed by atoms with E-state index in [1.807, 2.05) is 0 Å². The summed E-state index contributed by atoms with van der Waals surface area (Å²) in [7, 11) is 0. The molecule has 0 unspecified atom stereocenters. The van der Waals surface area contributed by atoms with E-state index in [0.29, 0.717) is 0 Å². The zero-order valence-corrected chi connectivity index (χ0v) is 13.6. The van der Waals surface area contributed by atoms with Gasteiger partial charge in [0.25, 0.3) is 0 Å². The van der Waals surface area contributed by atoms with Crippen molar-refractivity contribution in [2.24, 2.45) is 5.92 Å². The number of unbranched alkanes of at least 4 members (excludes halogenated alkanes) is 4. The van der Waals surface area contributed by atoms with E-state index in [4.69, 9.17) is 0 Å². The van der Waals surface area contributed by atoms with Crippen molar-refractivity contribution in [3.8, 4) is 0 Å². The molecule has 0 atom stereocenters. The summed E-state index contributed by atoms with van der Waals surface area (Å²) in [6.07, 6.45) is 23.9. The molecule has 0 aromatic heterocycles. The van der Waals surface area contributed by atoms with Crippen molar-refractivity contribution < 1.29 is 0 Å². The quantitative estimate of drug-likeness (QED) is 0.515. The van der Waals surface area contributed by atoms with Crippen molar-refractivity contribution in [3.05, 3.63) is 0 Å². The van der Waals surface area contributed by atoms with Crippen molar-refractivity contribution in [1.82, 2.24) is 6.15 Å². The Kier molecular flexibility index (Phi) is 14.3. The molecule has 0 heterocycles. The molecule has 1 nitrogen and oxygen atoms in total. The molecule has 116 valence electrons. The van der Waals surface area contributed by atoms with Gasteiger partial charge in [0.1, 0.15) is 0 Å². The molecular weight excluding hydrogens is 230 g/mol. The van der Waals surface area contributed by atoms with E-state index in [1.54, 1.807) is 0 Å². The first-order valence-electron chi connectivity index (χ1n) is 8.93. The molecular formula is C18H39N. The first-order valence-corrected chi connectivity index (χ1v) is 8.93. The second-order valence-electron chi connectivity index (χ2n) is 6.47. The average Bonchev–Trinajstić information content (AvgIpc) is 2.44. The highest BCUT2D eigenvalue weighted by atomic mass is 14.1. The summed E-state index contributed by atoms with van der Waals surface area (Å²) in [6, 6.07) is 0. The molecule has 0 aromatic carbocycles. The third kappa shape index (κ3) is 11.5. The van der Waals surface area contributed by atoms with Crippen LogP contribution in [0.5, 0.6) is 0 Å². The minimum Gasteiger partial charge on any atom is -0.344 e. The molecule has 0 amide bonds. The van der Waals surface area contributed by atoms with E-state index in [9.17, 15) is 0 Å². The first-order chi connectivity index (χ1) is 8.93. The summed E-state index contributed by atoms with van der Waals surface area (Å²) in [5.41, 5.74) is 0. The van der Waals surface area contributed by atoms with Gasteiger partial charge in [-0.15, -0.1) is 0 Å². The zero-order chi connectivity index (χ0) is 12.9. The highest BCUT2D eigenvalue weighted by molar-refractivity contribution is 4.63. The Morgan fingerprint density at radius 3 is 1.63 bits per heavy atom. The molecule has 3 N–H and O–H groups in total. The van der Waals surface area contributed by atoms with Gasteiger partial charge in [-0.1, -0.05) is 110 Å². The van der Waals surface area contributed by atoms with Crippen molar-refractivity contribution in [1.29, 1.82) is 0 Å². The smallest absolute Gasteiger partial charge is 0.0414 e. The maximum atomic E-state index is 2.31. The molecule has 1 aliphatic carbocycles. The number of hydrogen-bond acceptors (Lipinski definition) is 1. The Labute approximate surface area is 122 Å². The number of hydrogen-bond donors (Lipinski definition) is 1. The molecule has 0 aromatic rings. The second-order valence-corrected chi connectivity index (χ2v) is 6.47. The molecule has 1 heteroatoms. The van der Waals surface area contributed by atoms with Crippen LogP contribution >= 0.6 is 0 Å². The van der Waals surface area contributed by atoms with Gasteiger partial charge in [-0.25, -0.2) is 0 Å². The lowest BCUT2D eigenvalue weighted by atomic mass is 9.90. The maximum absolute atomic E-state index is 2.31. The fourth-order valence-electron chi connectivity index (χ4n) is 3.40. The van der Waals surface area contributed by atoms with Gasteiger partial charge in [-0.05, 0) is 5.92 Å². The van der Waals surface area contributed by atoms with Gasteiger partial charge in [0.05, 0.1) is 0 Å². The Morgan fingerprint density at radius 1 is 0.632 bits per heavy atom. The van der Waals surface area contributed by atoms with E-state index in [1.165, 1.54) is 103 Å². The SMILES string of the molecule is CCCCCCCC1CCCCCCCCCC1.N. The van der Waals surface area contributed by atoms with Crippen LogP contribution in [0.25, 0.3) is 0 Å². The Bertz CT molecular complexity index is 155. The summed E-state index contributed by atoms with van der Waals surface area (Å²) in [5, 5.41) is 0. The van der Waals surface area contributed by atoms with Crippen LogP contribution in [0.1, 0.15) is 110 Å². The number of rotatable bonds is 6. The van der Waals surface area contributed by atoms with Crippen LogP contribution in [0.4, 0.5) is 0 Å². The van der Waals surface area contributed by atoms with E-state index in [0.717, 1.165) is 5.92 Å². The topological polar surface area (TPSA) is 35.0 Å². The fourth-order valence-corrected chi connectivity index (χ4v) is 3.40. The van der Waals surface area contributed by atoms with Crippen LogP contribution in [0, 0.1) is 5.92 Å². The normalized spacial score (nSPS) is 19.4. The summed E-state index contributed by atoms with van der Waals surface area (Å²) in [6.45, 7) is 2.31. The molecule has 1 saturated carbocycles. The van der Waals surface area contributed by atoms with Crippen molar-refractivity contribution >= 4 is 0 Å². The summed E-state index contributed by atoms with van der Waals surface area (Å²) < 4.78 is 0. The van der Waals surface area contributed by atoms with Crippen LogP contribution in [0.15, 0.2) is 0 Å². The summed E-state index contributed by atoms with van der Waals surface area (Å²) in [4.78, 5) is 0. The van der Waals surface area contributed by atoms with Gasteiger partial charge >= 0.3 is 0 Å². The summed E-state index contributed by atoms with van der Waals surface area (Å²) in [5.74, 6) is 1.07. The fraction of sp³-hybridized carbons (Fsp3) is 1.00. The monoisotopic (exact) mass is 269 g/mol. The minimum absolute atomic E-state index is 0. The van der Waals surface area contributed by atoms with Crippen molar-refractivity contribution in [3.63, 3.8) is 0 Å². The third-order valence-electron chi connectivity index (χ3n) is 4.69. The molecule has 0 aliphatic heterocycles. The molecule has 1 fully saturated rings. The van der Waals surface area contributed by atoms with Crippen LogP contribution < -0.4 is 6.15 Å². The minimum atomic E-state index is 0. The van der Waals surface area contributed by atoms with Crippen LogP contribution in [0.2, 0.25) is 0 Å². The molecule has 0 bridgehead atoms. The van der Waals surface area contributed by atoms with E-state index < -0.39 is 0 Å². The summed E-state index contributed by atoms with van der Waals surface area (Å²) >= 11 is 0. The predicted octanol–water partition coefficient (Wildman–Crippen LogP) is 7.04. The Balaban J connectivity index is 0.00000324. The molecule has 1 rings (SSSR count). The average molecular weight is 270 g/mol. The molecule has 19 heavy (non-hydrogen) atoms. The van der Waals surface area contributed by atoms with E-state index in [-0.39, 0.29) is 6.15 Å². The second kappa shape index (κ2) is 14.4. The van der Waals surface area contributed by atoms with Crippen LogP contribution in [-0.2, 0) is 0 Å². The van der Waals surface area contributed by atoms with Gasteiger partial charge < -0.3 is 6.15 Å². The highest BCUT2D eigenvalue weighted by Gasteiger charge is 2.09. The Morgan fingerprint density at radius 2 is 1.11 bits per heavy atom. The first kappa shape index (κ1) is 19.0. The van der Waals surface area contributed by atoms with Crippen LogP contribution in [-0.4, -0.2) is 0 Å². The molecule has 1 aliphatic rings. The Hall–Kier alpha value is -0.0400. The van der Waals surface area contributed by atoms with Crippen molar-refractivity contribution in [2.45, 2.75) is 110 Å². The maximum Gasteiger partial charge on any atom is -0.0414 e. The lowest BCUT2D eigenvalue weighted by Gasteiger charge is -2.16. The standard InChI is InChI=1S/C18H36.H3N/c1-2-3-4-9-12-15-18-16-13-10-7-5-6-8-11-14-17-18;/h18H,2-17H2,1H3;1H3. The zero-order valence-electron chi connectivity index (χ0n) is 13.6. The van der Waals surface area contributed by atoms with Crippen LogP contribution in [0.3, 0.4) is 0 Å². The van der Waals surface area contributed by atoms with Gasteiger partial charge in [-0.2, -0.15) is 0 Å². The molecule has 0 saturated heterocycles. The molecule has 0 spiro atoms. The lowest BCUT2D eigenvalue weighted by molar-refractivity contribution is 0.373.